The van der Waals surface area contributed by atoms with Crippen LogP contribution in [0.5, 0.6) is 0 Å². The number of hydrogen-bond donors (Lipinski definition) is 1. The highest BCUT2D eigenvalue weighted by molar-refractivity contribution is 5.82. The van der Waals surface area contributed by atoms with Gasteiger partial charge in [0.15, 0.2) is 0 Å². The molecule has 3 fully saturated rings. The SMILES string of the molecule is CCCCC[C@H]1C[C@@H]2CCC[C@@H](C[C@@H](OC)C[C@@H]3C[C@@H](OC(=O)/C=C\CCc4coc(/C=C\CNC(=O)OC)n4)C[C@H](CC(=O)O1)O3)O2. The van der Waals surface area contributed by atoms with Crippen LogP contribution in [0.1, 0.15) is 108 Å². The van der Waals surface area contributed by atoms with Crippen LogP contribution >= 0.6 is 0 Å². The van der Waals surface area contributed by atoms with Gasteiger partial charge in [-0.2, -0.15) is 0 Å². The summed E-state index contributed by atoms with van der Waals surface area (Å²) in [6, 6.07) is 0. The Labute approximate surface area is 284 Å². The number of amides is 1. The second kappa shape index (κ2) is 20.3. The number of aromatic nitrogens is 1. The van der Waals surface area contributed by atoms with Gasteiger partial charge >= 0.3 is 18.0 Å². The molecule has 0 unspecified atom stereocenters. The molecule has 0 radical (unpaired) electrons. The Morgan fingerprint density at radius 2 is 1.73 bits per heavy atom. The third-order valence-electron chi connectivity index (χ3n) is 9.09. The molecule has 1 N–H and O–H groups in total. The molecule has 268 valence electrons. The van der Waals surface area contributed by atoms with Crippen LogP contribution < -0.4 is 5.32 Å². The highest BCUT2D eigenvalue weighted by Gasteiger charge is 2.37. The van der Waals surface area contributed by atoms with Crippen molar-refractivity contribution in [3.8, 4) is 0 Å². The van der Waals surface area contributed by atoms with Crippen molar-refractivity contribution in [2.45, 2.75) is 146 Å². The summed E-state index contributed by atoms with van der Waals surface area (Å²) in [5, 5.41) is 2.54. The molecule has 0 saturated carbocycles. The van der Waals surface area contributed by atoms with Crippen LogP contribution in [0.4, 0.5) is 4.79 Å². The van der Waals surface area contributed by atoms with Crippen molar-refractivity contribution in [3.63, 3.8) is 0 Å². The lowest BCUT2D eigenvalue weighted by atomic mass is 9.91. The van der Waals surface area contributed by atoms with Crippen molar-refractivity contribution in [3.05, 3.63) is 36.1 Å². The molecule has 7 atom stereocenters. The van der Waals surface area contributed by atoms with Gasteiger partial charge in [-0.15, -0.1) is 0 Å². The zero-order chi connectivity index (χ0) is 34.1. The van der Waals surface area contributed by atoms with E-state index in [1.54, 1.807) is 31.6 Å². The van der Waals surface area contributed by atoms with E-state index < -0.39 is 24.3 Å². The summed E-state index contributed by atoms with van der Waals surface area (Å²) in [6.07, 6.45) is 18.0. The zero-order valence-corrected chi connectivity index (χ0v) is 28.8. The van der Waals surface area contributed by atoms with E-state index in [0.29, 0.717) is 38.0 Å². The number of alkyl carbamates (subject to hydrolysis) is 1. The third-order valence-corrected chi connectivity index (χ3v) is 9.09. The number of carbonyl (C=O) groups excluding carboxylic acids is 3. The van der Waals surface area contributed by atoms with Crippen molar-refractivity contribution < 1.29 is 47.2 Å². The van der Waals surface area contributed by atoms with E-state index in [9.17, 15) is 14.4 Å². The van der Waals surface area contributed by atoms with Crippen molar-refractivity contribution in [1.29, 1.82) is 0 Å². The van der Waals surface area contributed by atoms with E-state index >= 15 is 0 Å². The maximum Gasteiger partial charge on any atom is 0.407 e. The summed E-state index contributed by atoms with van der Waals surface area (Å²) in [7, 11) is 3.02. The predicted molar refractivity (Wildman–Crippen MR) is 177 cm³/mol. The Bertz CT molecular complexity index is 1200. The van der Waals surface area contributed by atoms with Gasteiger partial charge in [0.25, 0.3) is 0 Å². The third kappa shape index (κ3) is 13.4. The Hall–Kier alpha value is -3.22. The molecule has 12 heteroatoms. The van der Waals surface area contributed by atoms with Crippen LogP contribution in [-0.4, -0.2) is 86.5 Å². The number of hydrogen-bond acceptors (Lipinski definition) is 11. The number of rotatable bonds is 13. The Morgan fingerprint density at radius 3 is 2.52 bits per heavy atom. The first-order chi connectivity index (χ1) is 23.3. The lowest BCUT2D eigenvalue weighted by molar-refractivity contribution is -0.171. The predicted octanol–water partition coefficient (Wildman–Crippen LogP) is 6.01. The summed E-state index contributed by atoms with van der Waals surface area (Å²) in [5.74, 6) is -0.286. The quantitative estimate of drug-likeness (QED) is 0.114. The molecule has 0 spiro atoms. The first kappa shape index (κ1) is 37.6. The van der Waals surface area contributed by atoms with Gasteiger partial charge < -0.3 is 38.2 Å². The van der Waals surface area contributed by atoms with Gasteiger partial charge in [-0.25, -0.2) is 14.6 Å². The fraction of sp³-hybridized carbons (Fsp3) is 0.722. The molecule has 12 nitrogen and oxygen atoms in total. The van der Waals surface area contributed by atoms with Crippen LogP contribution in [0.15, 0.2) is 28.9 Å². The smallest absolute Gasteiger partial charge is 0.407 e. The minimum atomic E-state index is -0.515. The Kier molecular flexibility index (Phi) is 15.9. The second-order valence-corrected chi connectivity index (χ2v) is 13.0. The maximum atomic E-state index is 13.2. The topological polar surface area (TPSA) is 145 Å². The lowest BCUT2D eigenvalue weighted by Gasteiger charge is -2.38. The minimum Gasteiger partial charge on any atom is -0.462 e. The molecule has 3 aliphatic rings. The van der Waals surface area contributed by atoms with Crippen LogP contribution in [-0.2, 0) is 44.4 Å². The van der Waals surface area contributed by atoms with E-state index in [0.717, 1.165) is 63.5 Å². The molecule has 1 amide bonds. The molecule has 3 saturated heterocycles. The standard InChI is InChI=1S/C36H54N2O10/c1-4-5-6-12-28-18-26-13-9-14-27(45-26)19-29(42-2)20-30-21-31(22-32(46-30)23-35(40)47-28)48-34(39)16-8-7-11-25-24-44-33(38-25)15-10-17-37-36(41)43-3/h8,10,15-16,24,26-32H,4-7,9,11-14,17-23H2,1-3H3,(H,37,41)/b15-10-,16-8-/t26-,27-,28-,29+,30+,31+,32+/m0/s1. The summed E-state index contributed by atoms with van der Waals surface area (Å²) in [4.78, 5) is 41.5. The number of oxazole rings is 1. The maximum absolute atomic E-state index is 13.2. The van der Waals surface area contributed by atoms with Gasteiger partial charge in [0.1, 0.15) is 18.5 Å². The van der Waals surface area contributed by atoms with Gasteiger partial charge in [0.2, 0.25) is 5.89 Å². The lowest BCUT2D eigenvalue weighted by Crippen LogP contribution is -2.42. The van der Waals surface area contributed by atoms with E-state index in [4.69, 9.17) is 28.1 Å². The Balaban J connectivity index is 1.31. The van der Waals surface area contributed by atoms with Crippen LogP contribution in [0.25, 0.3) is 6.08 Å². The average molecular weight is 675 g/mol. The molecule has 0 aliphatic carbocycles. The summed E-state index contributed by atoms with van der Waals surface area (Å²) in [6.45, 7) is 2.46. The highest BCUT2D eigenvalue weighted by atomic mass is 16.6. The van der Waals surface area contributed by atoms with Crippen molar-refractivity contribution >= 4 is 24.1 Å². The minimum absolute atomic E-state index is 0.0620. The monoisotopic (exact) mass is 674 g/mol. The number of esters is 2. The highest BCUT2D eigenvalue weighted by Crippen LogP contribution is 2.32. The molecule has 1 aromatic heterocycles. The number of nitrogens with one attached hydrogen (secondary N) is 1. The van der Waals surface area contributed by atoms with E-state index in [-0.39, 0.29) is 49.5 Å². The van der Waals surface area contributed by atoms with Crippen LogP contribution in [0.3, 0.4) is 0 Å². The first-order valence-corrected chi connectivity index (χ1v) is 17.7. The van der Waals surface area contributed by atoms with Crippen LogP contribution in [0, 0.1) is 0 Å². The fourth-order valence-corrected chi connectivity index (χ4v) is 6.71. The first-order valence-electron chi connectivity index (χ1n) is 17.7. The van der Waals surface area contributed by atoms with E-state index in [2.05, 4.69) is 22.0 Å². The number of cyclic esters (lactones) is 1. The molecule has 0 aromatic carbocycles. The Morgan fingerprint density at radius 1 is 0.979 bits per heavy atom. The summed E-state index contributed by atoms with van der Waals surface area (Å²) >= 11 is 0. The summed E-state index contributed by atoms with van der Waals surface area (Å²) in [5.41, 5.74) is 0.740. The van der Waals surface area contributed by atoms with Crippen molar-refractivity contribution in [1.82, 2.24) is 10.3 Å². The van der Waals surface area contributed by atoms with Gasteiger partial charge in [0.05, 0.1) is 49.7 Å². The number of nitrogens with zero attached hydrogens (tertiary/aromatic N) is 1. The summed E-state index contributed by atoms with van der Waals surface area (Å²) < 4.78 is 40.7. The zero-order valence-electron chi connectivity index (χ0n) is 28.8. The molecule has 3 aliphatic heterocycles. The normalized spacial score (nSPS) is 28.5. The van der Waals surface area contributed by atoms with Crippen molar-refractivity contribution in [2.24, 2.45) is 0 Å². The number of aryl methyl sites for hydroxylation is 1. The molecule has 48 heavy (non-hydrogen) atoms. The fourth-order valence-electron chi connectivity index (χ4n) is 6.71. The molecule has 4 bridgehead atoms. The number of unbranched alkanes of at least 4 members (excludes halogenated alkanes) is 2. The number of fused-ring (bicyclic) bond motifs is 4. The number of ether oxygens (including phenoxy) is 6. The molecular weight excluding hydrogens is 620 g/mol. The van der Waals surface area contributed by atoms with Gasteiger partial charge in [0, 0.05) is 39.0 Å². The molecular formula is C36H54N2O10. The van der Waals surface area contributed by atoms with Gasteiger partial charge in [-0.3, -0.25) is 4.79 Å². The average Bonchev–Trinajstić information content (AvgIpc) is 3.52. The number of methoxy groups -OCH3 is 2. The largest absolute Gasteiger partial charge is 0.462 e. The van der Waals surface area contributed by atoms with Gasteiger partial charge in [-0.1, -0.05) is 31.9 Å². The van der Waals surface area contributed by atoms with Crippen molar-refractivity contribution in [2.75, 3.05) is 20.8 Å². The van der Waals surface area contributed by atoms with E-state index in [1.165, 1.54) is 13.2 Å². The van der Waals surface area contributed by atoms with E-state index in [1.807, 2.05) is 0 Å². The van der Waals surface area contributed by atoms with Crippen LogP contribution in [0.2, 0.25) is 0 Å². The molecule has 1 aromatic rings. The molecule has 4 rings (SSSR count). The number of allylic oxidation sites excluding steroid dienone is 1. The second-order valence-electron chi connectivity index (χ2n) is 13.0. The number of carbonyl (C=O) groups is 3. The molecule has 4 heterocycles. The van der Waals surface area contributed by atoms with Gasteiger partial charge in [-0.05, 0) is 63.9 Å².